The van der Waals surface area contributed by atoms with E-state index in [0.717, 1.165) is 6.07 Å². The Kier molecular flexibility index (Phi) is 8.60. The molecular formula is C26H27BrF2N4O6S2. The summed E-state index contributed by atoms with van der Waals surface area (Å²) in [5.41, 5.74) is 0.818. The Balaban J connectivity index is 1.49. The van der Waals surface area contributed by atoms with Crippen molar-refractivity contribution in [2.24, 2.45) is 16.8 Å². The molecule has 1 saturated carbocycles. The Morgan fingerprint density at radius 2 is 1.95 bits per heavy atom. The van der Waals surface area contributed by atoms with E-state index in [2.05, 4.69) is 26.2 Å². The number of ether oxygens (including phenoxy) is 1. The van der Waals surface area contributed by atoms with Crippen LogP contribution in [-0.4, -0.2) is 65.5 Å². The Morgan fingerprint density at radius 1 is 1.24 bits per heavy atom. The Hall–Kier alpha value is -2.75. The number of carbonyl (C=O) groups excluding carboxylic acids is 1. The lowest BCUT2D eigenvalue weighted by Gasteiger charge is -2.40. The summed E-state index contributed by atoms with van der Waals surface area (Å²) >= 11 is 4.44. The van der Waals surface area contributed by atoms with Crippen molar-refractivity contribution < 1.29 is 36.6 Å². The third-order valence-corrected chi connectivity index (χ3v) is 11.6. The number of aliphatic imine (C=N–C) groups is 1. The van der Waals surface area contributed by atoms with Gasteiger partial charge in [0.15, 0.2) is 22.5 Å². The molecule has 1 aromatic carbocycles. The molecule has 1 atom stereocenters. The van der Waals surface area contributed by atoms with Crippen LogP contribution in [0.3, 0.4) is 0 Å². The maximum absolute atomic E-state index is 14.6. The van der Waals surface area contributed by atoms with Crippen LogP contribution in [0, 0.1) is 23.5 Å². The van der Waals surface area contributed by atoms with E-state index in [4.69, 9.17) is 14.8 Å². The van der Waals surface area contributed by atoms with Gasteiger partial charge in [0.2, 0.25) is 10.0 Å². The van der Waals surface area contributed by atoms with E-state index < -0.39 is 50.8 Å². The lowest BCUT2D eigenvalue weighted by atomic mass is 9.85. The first kappa shape index (κ1) is 29.7. The van der Waals surface area contributed by atoms with E-state index in [1.807, 2.05) is 0 Å². The van der Waals surface area contributed by atoms with Crippen molar-refractivity contribution in [1.29, 1.82) is 0 Å². The number of amidine groups is 1. The van der Waals surface area contributed by atoms with Gasteiger partial charge in [0.25, 0.3) is 0 Å². The molecule has 3 heterocycles. The average molecular weight is 674 g/mol. The number of rotatable bonds is 8. The highest BCUT2D eigenvalue weighted by Crippen LogP contribution is 2.42. The van der Waals surface area contributed by atoms with Gasteiger partial charge in [-0.2, -0.15) is 0 Å². The number of allylic oxidation sites excluding steroid dienone is 1. The highest BCUT2D eigenvalue weighted by molar-refractivity contribution is 9.10. The highest BCUT2D eigenvalue weighted by atomic mass is 79.9. The fourth-order valence-electron chi connectivity index (χ4n) is 5.37. The second kappa shape index (κ2) is 11.9. The van der Waals surface area contributed by atoms with Crippen molar-refractivity contribution >= 4 is 55.1 Å². The molecule has 2 aliphatic heterocycles. The van der Waals surface area contributed by atoms with Crippen molar-refractivity contribution in [2.45, 2.75) is 43.9 Å². The van der Waals surface area contributed by atoms with E-state index in [1.165, 1.54) is 21.7 Å². The Labute approximate surface area is 247 Å². The van der Waals surface area contributed by atoms with Crippen LogP contribution in [0.4, 0.5) is 8.78 Å². The molecule has 0 amide bonds. The number of carboxylic acid groups (broad SMARTS) is 1. The molecule has 15 heteroatoms. The molecule has 1 aromatic heterocycles. The summed E-state index contributed by atoms with van der Waals surface area (Å²) in [6.45, 7) is 2.07. The standard InChI is InChI=1S/C26H27BrF2N4O6S2/c1-2-39-26(36)18-21(13-5-8-33(9-6-13)41(37,38)15-11-14(12-15)25(34)35)31-23(24-30-7-10-40-24)32-22(18)16-3-4-17(28)20(29)19(16)27/h3-4,7,10,13-15,22H,2,5-6,8-9,11-12H2,1H3,(H,31,32)(H,34,35). The maximum atomic E-state index is 14.6. The quantitative estimate of drug-likeness (QED) is 0.317. The summed E-state index contributed by atoms with van der Waals surface area (Å²) in [5, 5.41) is 13.9. The Bertz CT molecular complexity index is 1520. The van der Waals surface area contributed by atoms with Crippen LogP contribution in [-0.2, 0) is 24.3 Å². The number of hydrogen-bond acceptors (Lipinski definition) is 9. The first-order valence-corrected chi connectivity index (χ1v) is 16.2. The molecule has 2 fully saturated rings. The van der Waals surface area contributed by atoms with Crippen molar-refractivity contribution in [3.8, 4) is 0 Å². The lowest BCUT2D eigenvalue weighted by molar-refractivity contribution is -0.144. The first-order valence-electron chi connectivity index (χ1n) is 13.0. The number of nitrogens with one attached hydrogen (secondary N) is 1. The van der Waals surface area contributed by atoms with E-state index >= 15 is 0 Å². The molecule has 3 aliphatic rings. The topological polar surface area (TPSA) is 138 Å². The maximum Gasteiger partial charge on any atom is 0.338 e. The minimum atomic E-state index is -3.67. The van der Waals surface area contributed by atoms with Crippen molar-refractivity contribution in [3.05, 3.63) is 61.7 Å². The lowest BCUT2D eigenvalue weighted by Crippen LogP contribution is -2.50. The number of esters is 1. The van der Waals surface area contributed by atoms with Gasteiger partial charge < -0.3 is 15.2 Å². The zero-order valence-corrected chi connectivity index (χ0v) is 25.1. The summed E-state index contributed by atoms with van der Waals surface area (Å²) in [4.78, 5) is 33.6. The van der Waals surface area contributed by atoms with Crippen LogP contribution in [0.2, 0.25) is 0 Å². The van der Waals surface area contributed by atoms with Gasteiger partial charge in [-0.25, -0.2) is 31.3 Å². The first-order chi connectivity index (χ1) is 19.5. The molecule has 2 aromatic rings. The van der Waals surface area contributed by atoms with Crippen molar-refractivity contribution in [1.82, 2.24) is 14.6 Å². The molecule has 41 heavy (non-hydrogen) atoms. The fraction of sp³-hybridized carbons (Fsp3) is 0.462. The molecule has 0 radical (unpaired) electrons. The summed E-state index contributed by atoms with van der Waals surface area (Å²) < 4.78 is 61.5. The minimum absolute atomic E-state index is 0.0692. The van der Waals surface area contributed by atoms with Crippen LogP contribution in [0.25, 0.3) is 0 Å². The minimum Gasteiger partial charge on any atom is -0.481 e. The van der Waals surface area contributed by atoms with Gasteiger partial charge in [-0.15, -0.1) is 11.3 Å². The zero-order chi connectivity index (χ0) is 29.5. The predicted molar refractivity (Wildman–Crippen MR) is 150 cm³/mol. The monoisotopic (exact) mass is 672 g/mol. The molecule has 1 unspecified atom stereocenters. The number of nitrogens with zero attached hydrogens (tertiary/aromatic N) is 3. The SMILES string of the molecule is CCOC(=O)C1=C(C2CCN(S(=O)(=O)C3CC(C(=O)O)C3)CC2)NC(c2nccs2)=NC1c1ccc(F)c(F)c1Br. The molecule has 10 nitrogen and oxygen atoms in total. The van der Waals surface area contributed by atoms with Crippen molar-refractivity contribution in [2.75, 3.05) is 19.7 Å². The molecule has 1 aliphatic carbocycles. The number of halogens is 3. The predicted octanol–water partition coefficient (Wildman–Crippen LogP) is 4.00. The van der Waals surface area contributed by atoms with Gasteiger partial charge in [0, 0.05) is 36.3 Å². The van der Waals surface area contributed by atoms with Gasteiger partial charge in [-0.3, -0.25) is 9.79 Å². The summed E-state index contributed by atoms with van der Waals surface area (Å²) in [5.74, 6) is -4.46. The van der Waals surface area contributed by atoms with Crippen molar-refractivity contribution in [3.63, 3.8) is 0 Å². The Morgan fingerprint density at radius 3 is 2.56 bits per heavy atom. The van der Waals surface area contributed by atoms with Gasteiger partial charge in [0.05, 0.1) is 27.8 Å². The molecule has 2 N–H and O–H groups in total. The highest BCUT2D eigenvalue weighted by Gasteiger charge is 2.46. The van der Waals surface area contributed by atoms with E-state index in [0.29, 0.717) is 29.4 Å². The van der Waals surface area contributed by atoms with E-state index in [9.17, 15) is 26.8 Å². The third-order valence-electron chi connectivity index (χ3n) is 7.65. The number of aliphatic carboxylic acids is 1. The second-order valence-electron chi connectivity index (χ2n) is 10.0. The molecular weight excluding hydrogens is 646 g/mol. The number of carbonyl (C=O) groups is 2. The number of hydrogen-bond donors (Lipinski definition) is 2. The number of thiazole rings is 1. The largest absolute Gasteiger partial charge is 0.481 e. The average Bonchev–Trinajstić information content (AvgIpc) is 3.45. The van der Waals surface area contributed by atoms with Gasteiger partial charge in [-0.05, 0) is 60.2 Å². The number of benzene rings is 1. The number of carboxylic acids is 1. The molecule has 5 rings (SSSR count). The van der Waals surface area contributed by atoms with Gasteiger partial charge in [-0.1, -0.05) is 6.07 Å². The van der Waals surface area contributed by atoms with Gasteiger partial charge >= 0.3 is 11.9 Å². The summed E-state index contributed by atoms with van der Waals surface area (Å²) in [6, 6.07) is 1.27. The second-order valence-corrected chi connectivity index (χ2v) is 13.9. The fourth-order valence-corrected chi connectivity index (χ4v) is 8.59. The molecule has 0 bridgehead atoms. The molecule has 220 valence electrons. The molecule has 1 saturated heterocycles. The van der Waals surface area contributed by atoms with E-state index in [-0.39, 0.29) is 54.1 Å². The van der Waals surface area contributed by atoms with Crippen LogP contribution < -0.4 is 5.32 Å². The number of piperidine rings is 1. The smallest absolute Gasteiger partial charge is 0.338 e. The number of aromatic nitrogens is 1. The zero-order valence-electron chi connectivity index (χ0n) is 21.8. The molecule has 0 spiro atoms. The third kappa shape index (κ3) is 5.68. The van der Waals surface area contributed by atoms with Crippen LogP contribution in [0.5, 0.6) is 0 Å². The summed E-state index contributed by atoms with van der Waals surface area (Å²) in [6.07, 6.45) is 2.49. The normalized spacial score (nSPS) is 23.9. The van der Waals surface area contributed by atoms with E-state index in [1.54, 1.807) is 18.5 Å². The number of sulfonamides is 1. The van der Waals surface area contributed by atoms with Crippen LogP contribution in [0.15, 0.2) is 44.4 Å². The van der Waals surface area contributed by atoms with Crippen LogP contribution in [0.1, 0.15) is 49.2 Å². The van der Waals surface area contributed by atoms with Gasteiger partial charge in [0.1, 0.15) is 6.04 Å². The van der Waals surface area contributed by atoms with Crippen LogP contribution >= 0.6 is 27.3 Å². The summed E-state index contributed by atoms with van der Waals surface area (Å²) in [7, 11) is -3.67.